The van der Waals surface area contributed by atoms with E-state index < -0.39 is 6.10 Å². The number of aliphatic hydroxyl groups is 1. The van der Waals surface area contributed by atoms with Crippen LogP contribution in [0.25, 0.3) is 0 Å². The third kappa shape index (κ3) is 3.36. The molecule has 0 radical (unpaired) electrons. The molecule has 1 atom stereocenters. The lowest BCUT2D eigenvalue weighted by Gasteiger charge is -2.33. The highest BCUT2D eigenvalue weighted by Crippen LogP contribution is 2.28. The lowest BCUT2D eigenvalue weighted by Crippen LogP contribution is -2.36. The molecule has 0 spiro atoms. The van der Waals surface area contributed by atoms with Crippen LogP contribution in [0.1, 0.15) is 36.1 Å². The van der Waals surface area contributed by atoms with Gasteiger partial charge in [-0.2, -0.15) is 5.10 Å². The van der Waals surface area contributed by atoms with Gasteiger partial charge in [0, 0.05) is 31.4 Å². The van der Waals surface area contributed by atoms with Gasteiger partial charge < -0.3 is 10.0 Å². The molecule has 2 heterocycles. The van der Waals surface area contributed by atoms with Crippen LogP contribution in [0.2, 0.25) is 0 Å². The van der Waals surface area contributed by atoms with E-state index >= 15 is 0 Å². The van der Waals surface area contributed by atoms with Crippen molar-refractivity contribution in [3.63, 3.8) is 0 Å². The molecule has 0 unspecified atom stereocenters. The Morgan fingerprint density at radius 2 is 2.09 bits per heavy atom. The van der Waals surface area contributed by atoms with Crippen molar-refractivity contribution in [2.24, 2.45) is 7.05 Å². The van der Waals surface area contributed by atoms with Crippen LogP contribution in [0.5, 0.6) is 0 Å². The van der Waals surface area contributed by atoms with Crippen molar-refractivity contribution in [1.82, 2.24) is 14.7 Å². The summed E-state index contributed by atoms with van der Waals surface area (Å²) in [5.74, 6) is 0.238. The van der Waals surface area contributed by atoms with Crippen LogP contribution >= 0.6 is 0 Å². The van der Waals surface area contributed by atoms with Crippen LogP contribution < -0.4 is 0 Å². The van der Waals surface area contributed by atoms with Gasteiger partial charge in [-0.1, -0.05) is 12.1 Å². The van der Waals surface area contributed by atoms with Crippen molar-refractivity contribution in [2.45, 2.75) is 24.9 Å². The number of aliphatic hydroxyl groups excluding tert-OH is 1. The fourth-order valence-electron chi connectivity index (χ4n) is 3.26. The molecule has 5 heteroatoms. The highest BCUT2D eigenvalue weighted by Gasteiger charge is 2.24. The first-order valence-electron chi connectivity index (χ1n) is 7.77. The van der Waals surface area contributed by atoms with Gasteiger partial charge in [-0.05, 0) is 49.7 Å². The molecule has 0 aliphatic carbocycles. The number of hydrogen-bond donors (Lipinski definition) is 1. The van der Waals surface area contributed by atoms with E-state index in [1.165, 1.54) is 17.8 Å². The van der Waals surface area contributed by atoms with Gasteiger partial charge in [0.15, 0.2) is 0 Å². The summed E-state index contributed by atoms with van der Waals surface area (Å²) in [6, 6.07) is 8.31. The molecule has 0 saturated carbocycles. The predicted molar refractivity (Wildman–Crippen MR) is 83.0 cm³/mol. The summed E-state index contributed by atoms with van der Waals surface area (Å²) in [5.41, 5.74) is 1.93. The van der Waals surface area contributed by atoms with E-state index in [0.29, 0.717) is 18.0 Å². The number of piperidine rings is 1. The molecule has 3 rings (SSSR count). The number of aromatic nitrogens is 2. The normalized spacial score (nSPS) is 18.5. The number of nitrogens with zero attached hydrogens (tertiary/aromatic N) is 3. The summed E-state index contributed by atoms with van der Waals surface area (Å²) < 4.78 is 15.2. The maximum atomic E-state index is 13.2. The number of aryl methyl sites for hydroxylation is 1. The maximum absolute atomic E-state index is 13.2. The lowest BCUT2D eigenvalue weighted by atomic mass is 9.93. The Bertz CT molecular complexity index is 620. The molecule has 2 aromatic rings. The Labute approximate surface area is 130 Å². The summed E-state index contributed by atoms with van der Waals surface area (Å²) >= 11 is 0. The van der Waals surface area contributed by atoms with Crippen molar-refractivity contribution in [3.8, 4) is 0 Å². The van der Waals surface area contributed by atoms with Gasteiger partial charge in [0.25, 0.3) is 0 Å². The third-order valence-corrected chi connectivity index (χ3v) is 4.53. The monoisotopic (exact) mass is 303 g/mol. The molecule has 0 amide bonds. The minimum Gasteiger partial charge on any atom is -0.387 e. The first kappa shape index (κ1) is 15.2. The van der Waals surface area contributed by atoms with Crippen LogP contribution in [0.3, 0.4) is 0 Å². The smallest absolute Gasteiger partial charge is 0.123 e. The van der Waals surface area contributed by atoms with Gasteiger partial charge in [0.05, 0.1) is 6.10 Å². The minimum atomic E-state index is -0.635. The number of hydrogen-bond acceptors (Lipinski definition) is 3. The fraction of sp³-hybridized carbons (Fsp3) is 0.471. The maximum Gasteiger partial charge on any atom is 0.123 e. The highest BCUT2D eigenvalue weighted by atomic mass is 19.1. The number of likely N-dealkylation sites (tertiary alicyclic amines) is 1. The summed E-state index contributed by atoms with van der Waals surface area (Å²) in [6.07, 6.45) is 3.34. The van der Waals surface area contributed by atoms with Crippen molar-refractivity contribution in [2.75, 3.05) is 19.6 Å². The summed E-state index contributed by atoms with van der Waals surface area (Å²) in [7, 11) is 1.98. The zero-order valence-electron chi connectivity index (χ0n) is 12.8. The van der Waals surface area contributed by atoms with E-state index in [9.17, 15) is 9.50 Å². The van der Waals surface area contributed by atoms with Gasteiger partial charge in [-0.25, -0.2) is 4.39 Å². The largest absolute Gasteiger partial charge is 0.387 e. The van der Waals surface area contributed by atoms with E-state index in [1.807, 2.05) is 17.9 Å². The standard InChI is InChI=1S/C17H22FN3O/c1-20-16(5-8-19-20)13-6-9-21(10-7-13)12-17(22)14-3-2-4-15(18)11-14/h2-5,8,11,13,17,22H,6-7,9-10,12H2,1H3/t17-/m1/s1. The zero-order chi connectivity index (χ0) is 15.5. The molecular formula is C17H22FN3O. The van der Waals surface area contributed by atoms with Gasteiger partial charge >= 0.3 is 0 Å². The van der Waals surface area contributed by atoms with Gasteiger partial charge in [0.2, 0.25) is 0 Å². The molecule has 1 aliphatic heterocycles. The summed E-state index contributed by atoms with van der Waals surface area (Å²) in [4.78, 5) is 2.25. The summed E-state index contributed by atoms with van der Waals surface area (Å²) in [5, 5.41) is 14.5. The lowest BCUT2D eigenvalue weighted by molar-refractivity contribution is 0.0964. The first-order chi connectivity index (χ1) is 10.6. The molecule has 4 nitrogen and oxygen atoms in total. The molecule has 1 aliphatic rings. The molecule has 1 saturated heterocycles. The first-order valence-corrected chi connectivity index (χ1v) is 7.77. The van der Waals surface area contributed by atoms with Crippen molar-refractivity contribution in [1.29, 1.82) is 0 Å². The second-order valence-corrected chi connectivity index (χ2v) is 6.03. The quantitative estimate of drug-likeness (QED) is 0.943. The van der Waals surface area contributed by atoms with E-state index in [-0.39, 0.29) is 5.82 Å². The fourth-order valence-corrected chi connectivity index (χ4v) is 3.26. The average Bonchev–Trinajstić information content (AvgIpc) is 2.94. The van der Waals surface area contributed by atoms with Gasteiger partial charge in [-0.15, -0.1) is 0 Å². The van der Waals surface area contributed by atoms with Gasteiger partial charge in [0.1, 0.15) is 5.82 Å². The third-order valence-electron chi connectivity index (χ3n) is 4.53. The SMILES string of the molecule is Cn1nccc1C1CCN(C[C@@H](O)c2cccc(F)c2)CC1. The summed E-state index contributed by atoms with van der Waals surface area (Å²) in [6.45, 7) is 2.45. The van der Waals surface area contributed by atoms with Gasteiger partial charge in [-0.3, -0.25) is 4.68 Å². The second-order valence-electron chi connectivity index (χ2n) is 6.03. The molecular weight excluding hydrogens is 281 g/mol. The topological polar surface area (TPSA) is 41.3 Å². The van der Waals surface area contributed by atoms with Crippen LogP contribution in [-0.2, 0) is 7.05 Å². The van der Waals surface area contributed by atoms with Crippen LogP contribution in [0.15, 0.2) is 36.5 Å². The van der Waals surface area contributed by atoms with E-state index in [2.05, 4.69) is 16.1 Å². The van der Waals surface area contributed by atoms with E-state index in [0.717, 1.165) is 25.9 Å². The molecule has 1 aromatic heterocycles. The highest BCUT2D eigenvalue weighted by molar-refractivity contribution is 5.19. The number of benzene rings is 1. The molecule has 0 bridgehead atoms. The van der Waals surface area contributed by atoms with Crippen molar-refractivity contribution < 1.29 is 9.50 Å². The molecule has 1 fully saturated rings. The Balaban J connectivity index is 1.55. The van der Waals surface area contributed by atoms with Crippen LogP contribution in [0.4, 0.5) is 4.39 Å². The van der Waals surface area contributed by atoms with E-state index in [4.69, 9.17) is 0 Å². The minimum absolute atomic E-state index is 0.300. The molecule has 1 N–H and O–H groups in total. The Kier molecular flexibility index (Phi) is 4.55. The van der Waals surface area contributed by atoms with Crippen molar-refractivity contribution >= 4 is 0 Å². The Morgan fingerprint density at radius 1 is 1.32 bits per heavy atom. The number of rotatable bonds is 4. The van der Waals surface area contributed by atoms with E-state index in [1.54, 1.807) is 12.1 Å². The average molecular weight is 303 g/mol. The van der Waals surface area contributed by atoms with Crippen molar-refractivity contribution in [3.05, 3.63) is 53.6 Å². The Morgan fingerprint density at radius 3 is 2.73 bits per heavy atom. The Hall–Kier alpha value is -1.72. The second kappa shape index (κ2) is 6.58. The number of halogens is 1. The molecule has 22 heavy (non-hydrogen) atoms. The van der Waals surface area contributed by atoms with Crippen LogP contribution in [0, 0.1) is 5.82 Å². The predicted octanol–water partition coefficient (Wildman–Crippen LogP) is 2.47. The number of β-amino-alcohol motifs (C(OH)–C–C–N with tert-alkyl or cyclic N) is 1. The molecule has 1 aromatic carbocycles. The zero-order valence-corrected chi connectivity index (χ0v) is 12.8. The van der Waals surface area contributed by atoms with Crippen LogP contribution in [-0.4, -0.2) is 39.4 Å². The molecule has 118 valence electrons.